The zero-order valence-corrected chi connectivity index (χ0v) is 17.1. The van der Waals surface area contributed by atoms with Gasteiger partial charge in [-0.15, -0.1) is 11.3 Å². The van der Waals surface area contributed by atoms with E-state index in [1.165, 1.54) is 22.7 Å². The number of benzene rings is 2. The number of nitrogens with one attached hydrogen (secondary N) is 1. The Labute approximate surface area is 162 Å². The molecule has 0 radical (unpaired) electrons. The lowest BCUT2D eigenvalue weighted by molar-refractivity contribution is 0.103. The summed E-state index contributed by atoms with van der Waals surface area (Å²) >= 11 is 1.35. The molecule has 0 atom stereocenters. The predicted octanol–water partition coefficient (Wildman–Crippen LogP) is 3.87. The van der Waals surface area contributed by atoms with Crippen LogP contribution in [0.4, 0.5) is 11.4 Å². The molecule has 3 rings (SSSR count). The van der Waals surface area contributed by atoms with E-state index in [0.717, 1.165) is 21.9 Å². The average molecular weight is 405 g/mol. The molecule has 0 bridgehead atoms. The van der Waals surface area contributed by atoms with Gasteiger partial charge >= 0.3 is 0 Å². The van der Waals surface area contributed by atoms with Gasteiger partial charge in [0, 0.05) is 11.7 Å². The summed E-state index contributed by atoms with van der Waals surface area (Å²) in [6, 6.07) is 12.6. The summed E-state index contributed by atoms with van der Waals surface area (Å²) in [5, 5.41) is 3.70. The summed E-state index contributed by atoms with van der Waals surface area (Å²) in [6.07, 6.45) is 1.15. The highest BCUT2D eigenvalue weighted by molar-refractivity contribution is 7.92. The van der Waals surface area contributed by atoms with Crippen LogP contribution in [0.1, 0.15) is 15.2 Å². The van der Waals surface area contributed by atoms with Crippen LogP contribution < -0.4 is 14.4 Å². The van der Waals surface area contributed by atoms with E-state index >= 15 is 0 Å². The normalized spacial score (nSPS) is 11.4. The van der Waals surface area contributed by atoms with Gasteiger partial charge in [0.2, 0.25) is 10.0 Å². The van der Waals surface area contributed by atoms with Crippen LogP contribution >= 0.6 is 11.3 Å². The smallest absolute Gasteiger partial charge is 0.265 e. The number of aryl methyl sites for hydroxylation is 1. The van der Waals surface area contributed by atoms with Crippen LogP contribution in [0.25, 0.3) is 10.1 Å². The molecule has 0 aliphatic rings. The van der Waals surface area contributed by atoms with Gasteiger partial charge in [-0.3, -0.25) is 9.10 Å². The number of sulfonamides is 1. The molecule has 3 aromatic rings. The first-order valence-electron chi connectivity index (χ1n) is 8.12. The highest BCUT2D eigenvalue weighted by atomic mass is 32.2. The zero-order chi connectivity index (χ0) is 19.8. The average Bonchev–Trinajstić information content (AvgIpc) is 3.04. The number of amides is 1. The van der Waals surface area contributed by atoms with Crippen molar-refractivity contribution in [1.29, 1.82) is 0 Å². The molecule has 0 spiro atoms. The summed E-state index contributed by atoms with van der Waals surface area (Å²) in [5.74, 6) is 0.352. The molecule has 0 saturated carbocycles. The van der Waals surface area contributed by atoms with Gasteiger partial charge in [-0.25, -0.2) is 8.42 Å². The molecule has 0 aliphatic heterocycles. The predicted molar refractivity (Wildman–Crippen MR) is 111 cm³/mol. The van der Waals surface area contributed by atoms with E-state index < -0.39 is 10.0 Å². The minimum atomic E-state index is -3.34. The van der Waals surface area contributed by atoms with Crippen LogP contribution in [-0.2, 0) is 10.0 Å². The molecular formula is C19H20N2O4S2. The van der Waals surface area contributed by atoms with Crippen LogP contribution in [0.5, 0.6) is 5.75 Å². The Morgan fingerprint density at radius 3 is 2.56 bits per heavy atom. The molecule has 1 heterocycles. The lowest BCUT2D eigenvalue weighted by atomic mass is 10.2. The first kappa shape index (κ1) is 19.2. The maximum Gasteiger partial charge on any atom is 0.265 e. The van der Waals surface area contributed by atoms with Gasteiger partial charge in [0.15, 0.2) is 0 Å². The van der Waals surface area contributed by atoms with Crippen molar-refractivity contribution in [3.05, 3.63) is 52.9 Å². The fourth-order valence-corrected chi connectivity index (χ4v) is 4.07. The molecule has 8 heteroatoms. The monoisotopic (exact) mass is 404 g/mol. The number of anilines is 2. The van der Waals surface area contributed by atoms with Gasteiger partial charge in [0.1, 0.15) is 5.75 Å². The Kier molecular flexibility index (Phi) is 5.12. The Morgan fingerprint density at radius 1 is 1.15 bits per heavy atom. The second kappa shape index (κ2) is 7.21. The Balaban J connectivity index is 1.91. The molecule has 1 N–H and O–H groups in total. The Morgan fingerprint density at radius 2 is 1.89 bits per heavy atom. The van der Waals surface area contributed by atoms with Crippen molar-refractivity contribution in [1.82, 2.24) is 0 Å². The van der Waals surface area contributed by atoms with Gasteiger partial charge in [-0.05, 0) is 54.3 Å². The maximum atomic E-state index is 12.7. The van der Waals surface area contributed by atoms with Crippen molar-refractivity contribution in [3.8, 4) is 5.75 Å². The summed E-state index contributed by atoms with van der Waals surface area (Å²) < 4.78 is 30.9. The van der Waals surface area contributed by atoms with Crippen molar-refractivity contribution in [2.24, 2.45) is 0 Å². The summed E-state index contributed by atoms with van der Waals surface area (Å²) in [4.78, 5) is 13.2. The molecule has 6 nitrogen and oxygen atoms in total. The molecule has 142 valence electrons. The molecule has 1 amide bonds. The number of hydrogen-bond acceptors (Lipinski definition) is 5. The largest absolute Gasteiger partial charge is 0.495 e. The lowest BCUT2D eigenvalue weighted by Crippen LogP contribution is -2.24. The highest BCUT2D eigenvalue weighted by Crippen LogP contribution is 2.31. The molecule has 1 aromatic heterocycles. The van der Waals surface area contributed by atoms with E-state index in [-0.39, 0.29) is 5.91 Å². The maximum absolute atomic E-state index is 12.7. The van der Waals surface area contributed by atoms with E-state index in [9.17, 15) is 13.2 Å². The van der Waals surface area contributed by atoms with E-state index in [4.69, 9.17) is 4.74 Å². The number of ether oxygens (including phenoxy) is 1. The Hall–Kier alpha value is -2.58. The number of carbonyl (C=O) groups is 1. The SMILES string of the molecule is COc1ccc(C)cc1NC(=O)c1cc2cc(N(C)S(C)(=O)=O)ccc2s1. The zero-order valence-electron chi connectivity index (χ0n) is 15.4. The minimum Gasteiger partial charge on any atom is -0.495 e. The summed E-state index contributed by atoms with van der Waals surface area (Å²) in [6.45, 7) is 1.94. The highest BCUT2D eigenvalue weighted by Gasteiger charge is 2.16. The van der Waals surface area contributed by atoms with Crippen molar-refractivity contribution in [3.63, 3.8) is 0 Å². The van der Waals surface area contributed by atoms with Gasteiger partial charge in [-0.1, -0.05) is 6.07 Å². The van der Waals surface area contributed by atoms with Crippen LogP contribution in [0.15, 0.2) is 42.5 Å². The summed E-state index contributed by atoms with van der Waals surface area (Å²) in [7, 11) is -0.287. The van der Waals surface area contributed by atoms with Crippen molar-refractivity contribution in [2.75, 3.05) is 30.0 Å². The van der Waals surface area contributed by atoms with Crippen molar-refractivity contribution < 1.29 is 17.9 Å². The fourth-order valence-electron chi connectivity index (χ4n) is 2.63. The number of methoxy groups -OCH3 is 1. The number of hydrogen-bond donors (Lipinski definition) is 1. The lowest BCUT2D eigenvalue weighted by Gasteiger charge is -2.16. The molecule has 27 heavy (non-hydrogen) atoms. The molecule has 0 unspecified atom stereocenters. The third-order valence-electron chi connectivity index (χ3n) is 4.19. The topological polar surface area (TPSA) is 75.7 Å². The Bertz CT molecular complexity index is 1120. The number of thiophene rings is 1. The fraction of sp³-hybridized carbons (Fsp3) is 0.211. The van der Waals surface area contributed by atoms with Crippen molar-refractivity contribution >= 4 is 48.7 Å². The van der Waals surface area contributed by atoms with Gasteiger partial charge in [0.25, 0.3) is 5.91 Å². The number of carbonyl (C=O) groups excluding carboxylic acids is 1. The van der Waals surface area contributed by atoms with Gasteiger partial charge in [-0.2, -0.15) is 0 Å². The quantitative estimate of drug-likeness (QED) is 0.700. The third kappa shape index (κ3) is 4.06. The van der Waals surface area contributed by atoms with E-state index in [1.807, 2.05) is 31.2 Å². The molecular weight excluding hydrogens is 384 g/mol. The van der Waals surface area contributed by atoms with E-state index in [1.54, 1.807) is 25.3 Å². The van der Waals surface area contributed by atoms with E-state index in [0.29, 0.717) is 22.0 Å². The van der Waals surface area contributed by atoms with Crippen LogP contribution in [0.2, 0.25) is 0 Å². The van der Waals surface area contributed by atoms with Gasteiger partial charge in [0.05, 0.1) is 29.6 Å². The molecule has 0 aliphatic carbocycles. The van der Waals surface area contributed by atoms with Crippen molar-refractivity contribution in [2.45, 2.75) is 6.92 Å². The van der Waals surface area contributed by atoms with E-state index in [2.05, 4.69) is 5.32 Å². The standard InChI is InChI=1S/C19H20N2O4S2/c1-12-5-7-16(25-3)15(9-12)20-19(22)18-11-13-10-14(6-8-17(13)26-18)21(2)27(4,23)24/h5-11H,1-4H3,(H,20,22). The first-order chi connectivity index (χ1) is 12.7. The second-order valence-corrected chi connectivity index (χ2v) is 9.32. The van der Waals surface area contributed by atoms with Crippen LogP contribution in [0, 0.1) is 6.92 Å². The molecule has 0 saturated heterocycles. The molecule has 0 fully saturated rings. The number of rotatable bonds is 5. The third-order valence-corrected chi connectivity index (χ3v) is 6.51. The summed E-state index contributed by atoms with van der Waals surface area (Å²) in [5.41, 5.74) is 2.17. The number of nitrogens with zero attached hydrogens (tertiary/aromatic N) is 1. The van der Waals surface area contributed by atoms with Gasteiger partial charge < -0.3 is 10.1 Å². The van der Waals surface area contributed by atoms with Crippen LogP contribution in [-0.4, -0.2) is 34.7 Å². The minimum absolute atomic E-state index is 0.238. The van der Waals surface area contributed by atoms with Crippen LogP contribution in [0.3, 0.4) is 0 Å². The number of fused-ring (bicyclic) bond motifs is 1. The molecule has 2 aromatic carbocycles. The first-order valence-corrected chi connectivity index (χ1v) is 10.8. The second-order valence-electron chi connectivity index (χ2n) is 6.22.